The zero-order valence-corrected chi connectivity index (χ0v) is 9.75. The molecular weight excluding hydrogens is 206 g/mol. The molecule has 4 nitrogen and oxygen atoms in total. The molecule has 0 saturated heterocycles. The van der Waals surface area contributed by atoms with E-state index in [2.05, 4.69) is 10.1 Å². The minimum Gasteiger partial charge on any atom is -0.464 e. The molecule has 1 saturated carbocycles. The van der Waals surface area contributed by atoms with Crippen molar-refractivity contribution in [3.63, 3.8) is 0 Å². The van der Waals surface area contributed by atoms with Crippen LogP contribution in [0.25, 0.3) is 0 Å². The van der Waals surface area contributed by atoms with E-state index in [1.807, 2.05) is 0 Å². The zero-order valence-electron chi connectivity index (χ0n) is 9.75. The van der Waals surface area contributed by atoms with Gasteiger partial charge in [0.2, 0.25) is 6.41 Å². The highest BCUT2D eigenvalue weighted by Gasteiger charge is 2.16. The lowest BCUT2D eigenvalue weighted by atomic mass is 9.94. The molecule has 0 bridgehead atoms. The van der Waals surface area contributed by atoms with Crippen molar-refractivity contribution in [3.8, 4) is 0 Å². The van der Waals surface area contributed by atoms with Crippen LogP contribution in [-0.2, 0) is 14.3 Å². The lowest BCUT2D eigenvalue weighted by molar-refractivity contribution is -0.137. The van der Waals surface area contributed by atoms with E-state index < -0.39 is 5.97 Å². The number of amides is 1. The Morgan fingerprint density at radius 3 is 2.25 bits per heavy atom. The van der Waals surface area contributed by atoms with E-state index in [4.69, 9.17) is 0 Å². The number of esters is 1. The first-order chi connectivity index (χ1) is 7.79. The molecule has 1 aliphatic carbocycles. The molecule has 0 aromatic rings. The van der Waals surface area contributed by atoms with Crippen LogP contribution in [0.3, 0.4) is 0 Å². The lowest BCUT2D eigenvalue weighted by Gasteiger charge is -2.15. The molecule has 1 aliphatic rings. The van der Waals surface area contributed by atoms with Crippen LogP contribution < -0.4 is 5.32 Å². The molecule has 0 spiro atoms. The smallest absolute Gasteiger partial charge is 0.354 e. The Morgan fingerprint density at radius 2 is 1.75 bits per heavy atom. The second kappa shape index (κ2) is 7.04. The van der Waals surface area contributed by atoms with Crippen molar-refractivity contribution in [2.24, 2.45) is 0 Å². The molecule has 0 unspecified atom stereocenters. The molecule has 1 amide bonds. The quantitative estimate of drug-likeness (QED) is 0.453. The summed E-state index contributed by atoms with van der Waals surface area (Å²) in [6, 6.07) is 0. The Kier molecular flexibility index (Phi) is 5.61. The summed E-state index contributed by atoms with van der Waals surface area (Å²) in [4.78, 5) is 22.0. The van der Waals surface area contributed by atoms with E-state index in [-0.39, 0.29) is 0 Å². The first kappa shape index (κ1) is 12.7. The van der Waals surface area contributed by atoms with Crippen molar-refractivity contribution in [1.29, 1.82) is 0 Å². The number of methoxy groups -OCH3 is 1. The zero-order chi connectivity index (χ0) is 11.8. The van der Waals surface area contributed by atoms with Gasteiger partial charge >= 0.3 is 5.97 Å². The van der Waals surface area contributed by atoms with Gasteiger partial charge in [-0.1, -0.05) is 19.3 Å². The van der Waals surface area contributed by atoms with Crippen LogP contribution >= 0.6 is 0 Å². The van der Waals surface area contributed by atoms with Gasteiger partial charge < -0.3 is 10.1 Å². The molecular formula is C12H19NO3. The SMILES string of the molecule is COC(=O)C(NC=O)=C1CCCCCCC1. The number of allylic oxidation sites excluding steroid dienone is 1. The van der Waals surface area contributed by atoms with E-state index in [0.717, 1.165) is 31.3 Å². The maximum Gasteiger partial charge on any atom is 0.354 e. The van der Waals surface area contributed by atoms with Gasteiger partial charge in [0.15, 0.2) is 0 Å². The second-order valence-electron chi connectivity index (χ2n) is 4.00. The molecule has 16 heavy (non-hydrogen) atoms. The molecule has 0 aromatic carbocycles. The molecule has 0 aromatic heterocycles. The van der Waals surface area contributed by atoms with Gasteiger partial charge in [0.25, 0.3) is 0 Å². The van der Waals surface area contributed by atoms with Gasteiger partial charge in [-0.2, -0.15) is 0 Å². The summed E-state index contributed by atoms with van der Waals surface area (Å²) in [7, 11) is 1.33. The van der Waals surface area contributed by atoms with Crippen molar-refractivity contribution >= 4 is 12.4 Å². The monoisotopic (exact) mass is 225 g/mol. The van der Waals surface area contributed by atoms with Crippen molar-refractivity contribution < 1.29 is 14.3 Å². The number of hydrogen-bond acceptors (Lipinski definition) is 3. The van der Waals surface area contributed by atoms with Crippen LogP contribution in [0.15, 0.2) is 11.3 Å². The largest absolute Gasteiger partial charge is 0.464 e. The Morgan fingerprint density at radius 1 is 1.19 bits per heavy atom. The Labute approximate surface area is 96.0 Å². The number of carbonyl (C=O) groups excluding carboxylic acids is 2. The van der Waals surface area contributed by atoms with Gasteiger partial charge in [-0.05, 0) is 31.3 Å². The summed E-state index contributed by atoms with van der Waals surface area (Å²) >= 11 is 0. The van der Waals surface area contributed by atoms with Gasteiger partial charge in [0, 0.05) is 0 Å². The summed E-state index contributed by atoms with van der Waals surface area (Å²) < 4.78 is 4.67. The van der Waals surface area contributed by atoms with Crippen molar-refractivity contribution in [2.75, 3.05) is 7.11 Å². The summed E-state index contributed by atoms with van der Waals surface area (Å²) in [5.74, 6) is -0.442. The van der Waals surface area contributed by atoms with Crippen LogP contribution in [0.1, 0.15) is 44.9 Å². The lowest BCUT2D eigenvalue weighted by Crippen LogP contribution is -2.22. The number of hydrogen-bond donors (Lipinski definition) is 1. The predicted octanol–water partition coefficient (Wildman–Crippen LogP) is 1.90. The van der Waals surface area contributed by atoms with Gasteiger partial charge in [-0.15, -0.1) is 0 Å². The van der Waals surface area contributed by atoms with Crippen molar-refractivity contribution in [3.05, 3.63) is 11.3 Å². The first-order valence-electron chi connectivity index (χ1n) is 5.80. The molecule has 4 heteroatoms. The minimum atomic E-state index is -0.442. The minimum absolute atomic E-state index is 0.347. The highest BCUT2D eigenvalue weighted by molar-refractivity contribution is 5.91. The highest BCUT2D eigenvalue weighted by Crippen LogP contribution is 2.23. The first-order valence-corrected chi connectivity index (χ1v) is 5.80. The Balaban J connectivity index is 2.82. The van der Waals surface area contributed by atoms with Crippen molar-refractivity contribution in [2.45, 2.75) is 44.9 Å². The van der Waals surface area contributed by atoms with Crippen LogP contribution in [0, 0.1) is 0 Å². The fourth-order valence-electron chi connectivity index (χ4n) is 2.05. The van der Waals surface area contributed by atoms with Gasteiger partial charge in [-0.3, -0.25) is 4.79 Å². The third-order valence-corrected chi connectivity index (χ3v) is 2.90. The molecule has 0 heterocycles. The molecule has 1 rings (SSSR count). The summed E-state index contributed by atoms with van der Waals surface area (Å²) in [6.07, 6.45) is 8.11. The van der Waals surface area contributed by atoms with E-state index in [0.29, 0.717) is 12.1 Å². The molecule has 0 aliphatic heterocycles. The fraction of sp³-hybridized carbons (Fsp3) is 0.667. The van der Waals surface area contributed by atoms with E-state index in [9.17, 15) is 9.59 Å². The maximum atomic E-state index is 11.5. The van der Waals surface area contributed by atoms with Crippen LogP contribution in [-0.4, -0.2) is 19.5 Å². The summed E-state index contributed by atoms with van der Waals surface area (Å²) in [6.45, 7) is 0. The van der Waals surface area contributed by atoms with Crippen LogP contribution in [0.4, 0.5) is 0 Å². The van der Waals surface area contributed by atoms with E-state index in [1.165, 1.54) is 26.4 Å². The van der Waals surface area contributed by atoms with Crippen LogP contribution in [0.5, 0.6) is 0 Å². The topological polar surface area (TPSA) is 55.4 Å². The number of carbonyl (C=O) groups is 2. The van der Waals surface area contributed by atoms with Crippen LogP contribution in [0.2, 0.25) is 0 Å². The Hall–Kier alpha value is -1.32. The Bertz CT molecular complexity index is 274. The normalized spacial score (nSPS) is 16.9. The highest BCUT2D eigenvalue weighted by atomic mass is 16.5. The van der Waals surface area contributed by atoms with Crippen molar-refractivity contribution in [1.82, 2.24) is 5.32 Å². The standard InChI is InChI=1S/C12H19NO3/c1-16-12(15)11(13-9-14)10-7-5-3-2-4-6-8-10/h9H,2-8H2,1H3,(H,13,14). The molecule has 0 radical (unpaired) electrons. The summed E-state index contributed by atoms with van der Waals surface area (Å²) in [5.41, 5.74) is 1.37. The molecule has 90 valence electrons. The van der Waals surface area contributed by atoms with Gasteiger partial charge in [-0.25, -0.2) is 4.79 Å². The average Bonchev–Trinajstić information content (AvgIpc) is 2.25. The third-order valence-electron chi connectivity index (χ3n) is 2.90. The number of ether oxygens (including phenoxy) is 1. The fourth-order valence-corrected chi connectivity index (χ4v) is 2.05. The average molecular weight is 225 g/mol. The molecule has 1 fully saturated rings. The predicted molar refractivity (Wildman–Crippen MR) is 60.6 cm³/mol. The number of rotatable bonds is 3. The van der Waals surface area contributed by atoms with Gasteiger partial charge in [0.1, 0.15) is 5.70 Å². The third kappa shape index (κ3) is 3.68. The molecule has 1 N–H and O–H groups in total. The molecule has 0 atom stereocenters. The number of nitrogens with one attached hydrogen (secondary N) is 1. The van der Waals surface area contributed by atoms with Gasteiger partial charge in [0.05, 0.1) is 7.11 Å². The van der Waals surface area contributed by atoms with E-state index in [1.54, 1.807) is 0 Å². The maximum absolute atomic E-state index is 11.5. The van der Waals surface area contributed by atoms with E-state index >= 15 is 0 Å². The second-order valence-corrected chi connectivity index (χ2v) is 4.00. The summed E-state index contributed by atoms with van der Waals surface area (Å²) in [5, 5.41) is 2.48.